The van der Waals surface area contributed by atoms with Crippen LogP contribution < -0.4 is 0 Å². The highest BCUT2D eigenvalue weighted by atomic mass is 16.6. The third-order valence-corrected chi connectivity index (χ3v) is 12.9. The molecule has 0 heterocycles. The second kappa shape index (κ2) is 11.9. The van der Waals surface area contributed by atoms with Crippen LogP contribution in [0.15, 0.2) is 22.8 Å². The van der Waals surface area contributed by atoms with Crippen molar-refractivity contribution in [3.8, 4) is 0 Å². The highest BCUT2D eigenvalue weighted by Crippen LogP contribution is 2.73. The minimum Gasteiger partial charge on any atom is -0.478 e. The van der Waals surface area contributed by atoms with Crippen LogP contribution in [-0.2, 0) is 33.4 Å². The average molecular weight is 615 g/mol. The van der Waals surface area contributed by atoms with Crippen LogP contribution in [0.2, 0.25) is 0 Å². The second-order valence-corrected chi connectivity index (χ2v) is 15.5. The predicted molar refractivity (Wildman–Crippen MR) is 166 cm³/mol. The first-order chi connectivity index (χ1) is 20.3. The Labute approximate surface area is 263 Å². The van der Waals surface area contributed by atoms with E-state index in [2.05, 4.69) is 41.5 Å². The molecule has 0 radical (unpaired) electrons. The standard InChI is InChI=1S/C36H54O8/c1-20(32(40)41)11-12-27(42-22(3)37)21(2)25-13-18-36(10)31-26(14-17-35(25,36)9)34(8)16-15-30(44-24(5)39)33(6,7)29(34)19-28(31)43-23(4)38/h11,21,25,27-30H,12-19H2,1-10H3,(H,40,41). The molecule has 246 valence electrons. The molecule has 9 unspecified atom stereocenters. The molecule has 0 saturated heterocycles. The number of carboxylic acids is 1. The highest BCUT2D eigenvalue weighted by Gasteiger charge is 2.66. The lowest BCUT2D eigenvalue weighted by Gasteiger charge is -2.63. The maximum Gasteiger partial charge on any atom is 0.330 e. The van der Waals surface area contributed by atoms with Gasteiger partial charge >= 0.3 is 23.9 Å². The lowest BCUT2D eigenvalue weighted by Crippen LogP contribution is -2.59. The first-order valence-corrected chi connectivity index (χ1v) is 16.4. The summed E-state index contributed by atoms with van der Waals surface area (Å²) < 4.78 is 17.9. The van der Waals surface area contributed by atoms with E-state index < -0.39 is 12.1 Å². The first-order valence-electron chi connectivity index (χ1n) is 16.4. The Kier molecular flexibility index (Phi) is 9.29. The van der Waals surface area contributed by atoms with Crippen LogP contribution in [0.5, 0.6) is 0 Å². The SMILES string of the molecule is CC(=O)OC1CC2C(C)(CCC(OC(C)=O)C2(C)C)C2=C1C1(C)CCC(C(C)C(CC=C(C)C(=O)O)OC(C)=O)C1(C)CC2. The molecule has 0 aliphatic heterocycles. The van der Waals surface area contributed by atoms with Crippen LogP contribution in [0.25, 0.3) is 0 Å². The molecule has 0 aromatic carbocycles. The summed E-state index contributed by atoms with van der Waals surface area (Å²) in [4.78, 5) is 48.3. The number of fused-ring (bicyclic) bond motifs is 4. The van der Waals surface area contributed by atoms with Crippen molar-refractivity contribution < 1.29 is 38.5 Å². The van der Waals surface area contributed by atoms with Crippen molar-refractivity contribution in [3.05, 3.63) is 22.8 Å². The molecular formula is C36H54O8. The van der Waals surface area contributed by atoms with E-state index in [9.17, 15) is 24.3 Å². The number of carbonyl (C=O) groups excluding carboxylic acids is 3. The van der Waals surface area contributed by atoms with E-state index in [-0.39, 0.29) is 75.1 Å². The van der Waals surface area contributed by atoms with E-state index in [4.69, 9.17) is 14.2 Å². The van der Waals surface area contributed by atoms with Gasteiger partial charge in [0.1, 0.15) is 18.3 Å². The number of rotatable bonds is 8. The molecular weight excluding hydrogens is 560 g/mol. The number of carbonyl (C=O) groups is 4. The Bertz CT molecular complexity index is 1260. The quantitative estimate of drug-likeness (QED) is 0.132. The van der Waals surface area contributed by atoms with Gasteiger partial charge in [0, 0.05) is 38.2 Å². The van der Waals surface area contributed by atoms with Crippen molar-refractivity contribution in [3.63, 3.8) is 0 Å². The number of aliphatic carboxylic acids is 1. The summed E-state index contributed by atoms with van der Waals surface area (Å²) in [5.74, 6) is -1.48. The van der Waals surface area contributed by atoms with Crippen LogP contribution in [-0.4, -0.2) is 47.3 Å². The molecule has 4 aliphatic rings. The number of hydrogen-bond acceptors (Lipinski definition) is 7. The van der Waals surface area contributed by atoms with Crippen molar-refractivity contribution in [1.82, 2.24) is 0 Å². The van der Waals surface area contributed by atoms with Gasteiger partial charge in [0.2, 0.25) is 0 Å². The smallest absolute Gasteiger partial charge is 0.330 e. The predicted octanol–water partition coefficient (Wildman–Crippen LogP) is 7.20. The van der Waals surface area contributed by atoms with Crippen molar-refractivity contribution in [1.29, 1.82) is 0 Å². The Hall–Kier alpha value is -2.64. The summed E-state index contributed by atoms with van der Waals surface area (Å²) in [5, 5.41) is 9.40. The average Bonchev–Trinajstić information content (AvgIpc) is 3.18. The summed E-state index contributed by atoms with van der Waals surface area (Å²) in [5.41, 5.74) is 2.22. The molecule has 0 aromatic rings. The van der Waals surface area contributed by atoms with Gasteiger partial charge in [-0.3, -0.25) is 14.4 Å². The topological polar surface area (TPSA) is 116 Å². The number of ether oxygens (including phenoxy) is 3. The van der Waals surface area contributed by atoms with E-state index in [1.807, 2.05) is 0 Å². The van der Waals surface area contributed by atoms with Gasteiger partial charge in [0.15, 0.2) is 0 Å². The van der Waals surface area contributed by atoms with Gasteiger partial charge < -0.3 is 19.3 Å². The largest absolute Gasteiger partial charge is 0.478 e. The second-order valence-electron chi connectivity index (χ2n) is 15.5. The summed E-state index contributed by atoms with van der Waals surface area (Å²) >= 11 is 0. The van der Waals surface area contributed by atoms with Crippen LogP contribution in [0.4, 0.5) is 0 Å². The molecule has 2 fully saturated rings. The number of esters is 3. The van der Waals surface area contributed by atoms with Crippen LogP contribution in [0.3, 0.4) is 0 Å². The summed E-state index contributed by atoms with van der Waals surface area (Å²) in [6.45, 7) is 19.6. The molecule has 4 rings (SSSR count). The maximum atomic E-state index is 12.6. The third-order valence-electron chi connectivity index (χ3n) is 12.9. The fourth-order valence-electron chi connectivity index (χ4n) is 10.4. The Morgan fingerprint density at radius 2 is 1.55 bits per heavy atom. The minimum absolute atomic E-state index is 0.00271. The van der Waals surface area contributed by atoms with Crippen LogP contribution in [0.1, 0.15) is 121 Å². The summed E-state index contributed by atoms with van der Waals surface area (Å²) in [7, 11) is 0. The molecule has 1 N–H and O–H groups in total. The Morgan fingerprint density at radius 3 is 2.11 bits per heavy atom. The van der Waals surface area contributed by atoms with Crippen molar-refractivity contribution >= 4 is 23.9 Å². The molecule has 8 heteroatoms. The van der Waals surface area contributed by atoms with Crippen molar-refractivity contribution in [2.24, 2.45) is 39.4 Å². The van der Waals surface area contributed by atoms with Gasteiger partial charge in [-0.05, 0) is 91.4 Å². The molecule has 8 nitrogen and oxygen atoms in total. The third kappa shape index (κ3) is 5.64. The summed E-state index contributed by atoms with van der Waals surface area (Å²) in [6.07, 6.45) is 7.22. The summed E-state index contributed by atoms with van der Waals surface area (Å²) in [6, 6.07) is 0. The first kappa shape index (κ1) is 34.2. The van der Waals surface area contributed by atoms with Gasteiger partial charge in [-0.2, -0.15) is 0 Å². The number of carboxylic acid groups (broad SMARTS) is 1. The highest BCUT2D eigenvalue weighted by molar-refractivity contribution is 5.85. The van der Waals surface area contributed by atoms with Crippen molar-refractivity contribution in [2.75, 3.05) is 0 Å². The molecule has 44 heavy (non-hydrogen) atoms. The monoisotopic (exact) mass is 614 g/mol. The molecule has 4 aliphatic carbocycles. The molecule has 0 aromatic heterocycles. The van der Waals surface area contributed by atoms with Crippen LogP contribution in [0, 0.1) is 39.4 Å². The molecule has 0 amide bonds. The van der Waals surface area contributed by atoms with Gasteiger partial charge in [-0.1, -0.05) is 53.2 Å². The molecule has 9 atom stereocenters. The van der Waals surface area contributed by atoms with E-state index in [1.165, 1.54) is 31.9 Å². The normalized spacial score (nSPS) is 37.5. The zero-order valence-electron chi connectivity index (χ0n) is 28.5. The molecule has 0 bridgehead atoms. The van der Waals surface area contributed by atoms with E-state index in [0.717, 1.165) is 38.5 Å². The molecule has 0 spiro atoms. The number of allylic oxidation sites excluding steroid dienone is 1. The van der Waals surface area contributed by atoms with Gasteiger partial charge in [-0.15, -0.1) is 0 Å². The van der Waals surface area contributed by atoms with Crippen LogP contribution >= 0.6 is 0 Å². The van der Waals surface area contributed by atoms with Gasteiger partial charge in [-0.25, -0.2) is 4.79 Å². The lowest BCUT2D eigenvalue weighted by molar-refractivity contribution is -0.172. The Morgan fingerprint density at radius 1 is 0.909 bits per heavy atom. The minimum atomic E-state index is -0.975. The van der Waals surface area contributed by atoms with E-state index in [0.29, 0.717) is 12.8 Å². The molecule has 2 saturated carbocycles. The van der Waals surface area contributed by atoms with E-state index in [1.54, 1.807) is 13.0 Å². The fourth-order valence-corrected chi connectivity index (χ4v) is 10.4. The van der Waals surface area contributed by atoms with Crippen molar-refractivity contribution in [2.45, 2.75) is 139 Å². The fraction of sp³-hybridized carbons (Fsp3) is 0.778. The van der Waals surface area contributed by atoms with E-state index >= 15 is 0 Å². The van der Waals surface area contributed by atoms with Gasteiger partial charge in [0.05, 0.1) is 0 Å². The zero-order valence-corrected chi connectivity index (χ0v) is 28.5. The maximum absolute atomic E-state index is 12.6. The lowest BCUT2D eigenvalue weighted by atomic mass is 9.42. The zero-order chi connectivity index (χ0) is 33.0. The van der Waals surface area contributed by atoms with Gasteiger partial charge in [0.25, 0.3) is 0 Å². The Balaban J connectivity index is 1.76. The number of hydrogen-bond donors (Lipinski definition) is 1.